The highest BCUT2D eigenvalue weighted by molar-refractivity contribution is 4.51. The van der Waals surface area contributed by atoms with Crippen molar-refractivity contribution < 1.29 is 5.11 Å². The van der Waals surface area contributed by atoms with Gasteiger partial charge in [0.25, 0.3) is 0 Å². The Bertz CT molecular complexity index is 85.3. The molecule has 0 amide bonds. The van der Waals surface area contributed by atoms with Gasteiger partial charge in [-0.15, -0.1) is 0 Å². The molecular weight excluding hydrogens is 160 g/mol. The van der Waals surface area contributed by atoms with Crippen LogP contribution in [0.3, 0.4) is 0 Å². The van der Waals surface area contributed by atoms with Gasteiger partial charge < -0.3 is 5.11 Å². The zero-order valence-corrected chi connectivity index (χ0v) is 9.55. The van der Waals surface area contributed by atoms with Crippen molar-refractivity contribution in [3.8, 4) is 0 Å². The predicted molar refractivity (Wildman–Crippen MR) is 58.8 cm³/mol. The minimum absolute atomic E-state index is 0.101. The Hall–Kier alpha value is -0.0400. The molecule has 0 bridgehead atoms. The maximum Gasteiger partial charge on any atom is 0.0512 e. The number of rotatable bonds is 8. The van der Waals surface area contributed by atoms with Crippen LogP contribution < -0.4 is 0 Å². The zero-order chi connectivity index (χ0) is 10.1. The molecule has 0 saturated carbocycles. The van der Waals surface area contributed by atoms with Crippen LogP contribution in [0.2, 0.25) is 0 Å². The van der Waals surface area contributed by atoms with Gasteiger partial charge in [-0.2, -0.15) is 0 Å². The lowest BCUT2D eigenvalue weighted by molar-refractivity contribution is 0.180. The van der Waals surface area contributed by atoms with Crippen molar-refractivity contribution in [1.82, 2.24) is 0 Å². The van der Waals surface area contributed by atoms with Crippen LogP contribution in [0.5, 0.6) is 0 Å². The van der Waals surface area contributed by atoms with Gasteiger partial charge in [-0.05, 0) is 19.3 Å². The number of aliphatic hydroxyl groups excluding tert-OH is 1. The van der Waals surface area contributed by atoms with Crippen LogP contribution in [0.25, 0.3) is 0 Å². The van der Waals surface area contributed by atoms with Gasteiger partial charge in [0.05, 0.1) is 6.10 Å². The van der Waals surface area contributed by atoms with Gasteiger partial charge in [0.2, 0.25) is 0 Å². The maximum atomic E-state index is 9.03. The fourth-order valence-corrected chi connectivity index (χ4v) is 1.52. The summed E-state index contributed by atoms with van der Waals surface area (Å²) in [5.74, 6) is 0.859. The second-order valence-electron chi connectivity index (χ2n) is 4.59. The van der Waals surface area contributed by atoms with E-state index in [4.69, 9.17) is 5.11 Å². The molecule has 0 saturated heterocycles. The number of hydrogen-bond donors (Lipinski definition) is 1. The topological polar surface area (TPSA) is 20.2 Å². The van der Waals surface area contributed by atoms with Gasteiger partial charge in [0.15, 0.2) is 0 Å². The Labute approximate surface area is 83.5 Å². The molecular formula is C12H26O. The number of hydrogen-bond acceptors (Lipinski definition) is 1. The Kier molecular flexibility index (Phi) is 8.53. The van der Waals surface area contributed by atoms with E-state index in [1.54, 1.807) is 0 Å². The molecule has 0 aromatic rings. The third-order valence-corrected chi connectivity index (χ3v) is 2.40. The Morgan fingerprint density at radius 1 is 0.769 bits per heavy atom. The van der Waals surface area contributed by atoms with Crippen molar-refractivity contribution in [2.24, 2.45) is 5.92 Å². The summed E-state index contributed by atoms with van der Waals surface area (Å²) in [4.78, 5) is 0. The highest BCUT2D eigenvalue weighted by atomic mass is 16.3. The lowest BCUT2D eigenvalue weighted by Crippen LogP contribution is -1.98. The van der Waals surface area contributed by atoms with Crippen LogP contribution in [-0.4, -0.2) is 11.2 Å². The maximum absolute atomic E-state index is 9.03. The van der Waals surface area contributed by atoms with Gasteiger partial charge in [-0.25, -0.2) is 0 Å². The van der Waals surface area contributed by atoms with Gasteiger partial charge in [0, 0.05) is 0 Å². The average Bonchev–Trinajstić information content (AvgIpc) is 2.01. The van der Waals surface area contributed by atoms with E-state index >= 15 is 0 Å². The molecule has 13 heavy (non-hydrogen) atoms. The third-order valence-electron chi connectivity index (χ3n) is 2.40. The van der Waals surface area contributed by atoms with Gasteiger partial charge >= 0.3 is 0 Å². The smallest absolute Gasteiger partial charge is 0.0512 e. The molecule has 0 radical (unpaired) electrons. The van der Waals surface area contributed by atoms with Crippen molar-refractivity contribution in [2.75, 3.05) is 0 Å². The second-order valence-corrected chi connectivity index (χ2v) is 4.59. The fraction of sp³-hybridized carbons (Fsp3) is 1.00. The van der Waals surface area contributed by atoms with E-state index in [1.165, 1.54) is 38.5 Å². The summed E-state index contributed by atoms with van der Waals surface area (Å²) in [6.45, 7) is 6.44. The average molecular weight is 186 g/mol. The monoisotopic (exact) mass is 186 g/mol. The van der Waals surface area contributed by atoms with Gasteiger partial charge in [-0.1, -0.05) is 52.4 Å². The van der Waals surface area contributed by atoms with Crippen molar-refractivity contribution in [3.05, 3.63) is 0 Å². The summed E-state index contributed by atoms with van der Waals surface area (Å²) in [7, 11) is 0. The molecule has 0 unspecified atom stereocenters. The van der Waals surface area contributed by atoms with Crippen LogP contribution in [-0.2, 0) is 0 Å². The largest absolute Gasteiger partial charge is 0.393 e. The van der Waals surface area contributed by atoms with Gasteiger partial charge in [0.1, 0.15) is 0 Å². The van der Waals surface area contributed by atoms with Crippen LogP contribution in [0.15, 0.2) is 0 Å². The summed E-state index contributed by atoms with van der Waals surface area (Å²) < 4.78 is 0. The molecule has 0 heterocycles. The molecule has 0 fully saturated rings. The predicted octanol–water partition coefficient (Wildman–Crippen LogP) is 3.75. The van der Waals surface area contributed by atoms with E-state index in [9.17, 15) is 0 Å². The molecule has 0 aliphatic heterocycles. The highest BCUT2D eigenvalue weighted by Crippen LogP contribution is 2.11. The number of aliphatic hydroxyl groups is 1. The first-order valence-electron chi connectivity index (χ1n) is 5.81. The van der Waals surface area contributed by atoms with E-state index in [1.807, 2.05) is 6.92 Å². The molecule has 0 aliphatic carbocycles. The summed E-state index contributed by atoms with van der Waals surface area (Å²) in [5.41, 5.74) is 0. The molecule has 1 heteroatoms. The molecule has 0 aromatic heterocycles. The van der Waals surface area contributed by atoms with E-state index in [0.29, 0.717) is 0 Å². The van der Waals surface area contributed by atoms with Crippen molar-refractivity contribution in [2.45, 2.75) is 71.8 Å². The summed E-state index contributed by atoms with van der Waals surface area (Å²) in [6, 6.07) is 0. The quantitative estimate of drug-likeness (QED) is 0.572. The summed E-state index contributed by atoms with van der Waals surface area (Å²) in [5, 5.41) is 9.03. The lowest BCUT2D eigenvalue weighted by atomic mass is 10.0. The lowest BCUT2D eigenvalue weighted by Gasteiger charge is -2.05. The second kappa shape index (κ2) is 8.55. The molecule has 1 nitrogen and oxygen atoms in total. The van der Waals surface area contributed by atoms with Crippen LogP contribution >= 0.6 is 0 Å². The van der Waals surface area contributed by atoms with E-state index in [0.717, 1.165) is 12.3 Å². The Morgan fingerprint density at radius 3 is 1.69 bits per heavy atom. The summed E-state index contributed by atoms with van der Waals surface area (Å²) >= 11 is 0. The van der Waals surface area contributed by atoms with Crippen molar-refractivity contribution in [1.29, 1.82) is 0 Å². The molecule has 0 aliphatic rings. The minimum Gasteiger partial charge on any atom is -0.393 e. The minimum atomic E-state index is -0.101. The fourth-order valence-electron chi connectivity index (χ4n) is 1.52. The van der Waals surface area contributed by atoms with Crippen LogP contribution in [0.1, 0.15) is 65.7 Å². The number of unbranched alkanes of at least 4 members (excludes halogenated alkanes) is 4. The zero-order valence-electron chi connectivity index (χ0n) is 9.55. The SMILES string of the molecule is CC(C)CCCCCCC[C@H](C)O. The molecule has 0 aromatic carbocycles. The first-order chi connectivity index (χ1) is 6.13. The van der Waals surface area contributed by atoms with E-state index in [-0.39, 0.29) is 6.10 Å². The highest BCUT2D eigenvalue weighted by Gasteiger charge is 1.96. The molecule has 0 rings (SSSR count). The third kappa shape index (κ3) is 12.0. The van der Waals surface area contributed by atoms with Crippen molar-refractivity contribution >= 4 is 0 Å². The van der Waals surface area contributed by atoms with Crippen LogP contribution in [0.4, 0.5) is 0 Å². The Balaban J connectivity index is 2.92. The normalized spacial score (nSPS) is 13.6. The first-order valence-corrected chi connectivity index (χ1v) is 5.81. The molecule has 1 atom stereocenters. The van der Waals surface area contributed by atoms with E-state index in [2.05, 4.69) is 13.8 Å². The molecule has 1 N–H and O–H groups in total. The van der Waals surface area contributed by atoms with Crippen LogP contribution in [0, 0.1) is 5.92 Å². The molecule has 80 valence electrons. The Morgan fingerprint density at radius 2 is 1.23 bits per heavy atom. The molecule has 0 spiro atoms. The van der Waals surface area contributed by atoms with E-state index < -0.39 is 0 Å². The first kappa shape index (κ1) is 13.0. The standard InChI is InChI=1S/C12H26O/c1-11(2)9-7-5-4-6-8-10-12(3)13/h11-13H,4-10H2,1-3H3/t12-/m0/s1. The van der Waals surface area contributed by atoms with Gasteiger partial charge in [-0.3, -0.25) is 0 Å². The van der Waals surface area contributed by atoms with Crippen molar-refractivity contribution in [3.63, 3.8) is 0 Å². The summed E-state index contributed by atoms with van der Waals surface area (Å²) in [6.07, 6.45) is 8.84.